The van der Waals surface area contributed by atoms with Gasteiger partial charge in [-0.05, 0) is 12.5 Å². The van der Waals surface area contributed by atoms with E-state index in [4.69, 9.17) is 4.74 Å². The third-order valence-electron chi connectivity index (χ3n) is 5.19. The number of nitrogens with one attached hydrogen (secondary N) is 1. The van der Waals surface area contributed by atoms with Crippen LogP contribution in [0, 0.1) is 0 Å². The van der Waals surface area contributed by atoms with Crippen LogP contribution < -0.4 is 5.32 Å². The molecule has 3 aromatic rings. The number of rotatable bonds is 5. The van der Waals surface area contributed by atoms with E-state index < -0.39 is 5.60 Å². The third-order valence-corrected chi connectivity index (χ3v) is 5.19. The van der Waals surface area contributed by atoms with E-state index in [0.29, 0.717) is 6.42 Å². The van der Waals surface area contributed by atoms with Crippen molar-refractivity contribution in [2.24, 2.45) is 0 Å². The molecule has 0 amide bonds. The zero-order chi connectivity index (χ0) is 19.4. The van der Waals surface area contributed by atoms with Crippen molar-refractivity contribution >= 4 is 5.97 Å². The molecule has 1 N–H and O–H groups in total. The summed E-state index contributed by atoms with van der Waals surface area (Å²) in [7, 11) is 0. The second kappa shape index (κ2) is 7.73. The Bertz CT molecular complexity index is 926. The van der Waals surface area contributed by atoms with E-state index >= 15 is 0 Å². The zero-order valence-electron chi connectivity index (χ0n) is 15.8. The molecule has 0 aromatic heterocycles. The molecule has 28 heavy (non-hydrogen) atoms. The average Bonchev–Trinajstić information content (AvgIpc) is 2.75. The molecule has 0 radical (unpaired) electrons. The van der Waals surface area contributed by atoms with Gasteiger partial charge in [-0.3, -0.25) is 0 Å². The van der Waals surface area contributed by atoms with E-state index in [0.717, 1.165) is 16.8 Å². The monoisotopic (exact) mass is 369 g/mol. The Labute approximate surface area is 165 Å². The van der Waals surface area contributed by atoms with Crippen LogP contribution in [-0.2, 0) is 15.1 Å². The summed E-state index contributed by atoms with van der Waals surface area (Å²) < 4.78 is 6.01. The fraction of sp³-hybridized carbons (Fsp3) is 0.160. The van der Waals surface area contributed by atoms with Gasteiger partial charge in [-0.15, -0.1) is 0 Å². The van der Waals surface area contributed by atoms with Gasteiger partial charge in [-0.2, -0.15) is 0 Å². The molecular weight excluding hydrogens is 346 g/mol. The summed E-state index contributed by atoms with van der Waals surface area (Å²) in [5.74, 6) is -0.332. The SMILES string of the molecule is CC(NC1=CC(=O)OC(c2ccccc2)(c2ccccc2)C1)c1ccccc1. The first-order valence-electron chi connectivity index (χ1n) is 9.53. The Balaban J connectivity index is 1.71. The van der Waals surface area contributed by atoms with Crippen molar-refractivity contribution < 1.29 is 9.53 Å². The van der Waals surface area contributed by atoms with Crippen molar-refractivity contribution in [3.8, 4) is 0 Å². The van der Waals surface area contributed by atoms with Crippen molar-refractivity contribution in [1.82, 2.24) is 5.32 Å². The van der Waals surface area contributed by atoms with Gasteiger partial charge >= 0.3 is 5.97 Å². The Morgan fingerprint density at radius 1 is 0.821 bits per heavy atom. The highest BCUT2D eigenvalue weighted by Crippen LogP contribution is 2.41. The first-order valence-corrected chi connectivity index (χ1v) is 9.53. The number of cyclic esters (lactones) is 1. The molecule has 1 aliphatic heterocycles. The molecule has 1 unspecified atom stereocenters. The lowest BCUT2D eigenvalue weighted by Crippen LogP contribution is -2.39. The highest BCUT2D eigenvalue weighted by Gasteiger charge is 2.42. The van der Waals surface area contributed by atoms with Gasteiger partial charge in [0, 0.05) is 35.4 Å². The summed E-state index contributed by atoms with van der Waals surface area (Å²) >= 11 is 0. The highest BCUT2D eigenvalue weighted by atomic mass is 16.6. The van der Waals surface area contributed by atoms with Crippen molar-refractivity contribution in [3.05, 3.63) is 119 Å². The van der Waals surface area contributed by atoms with Crippen molar-refractivity contribution in [2.45, 2.75) is 25.0 Å². The van der Waals surface area contributed by atoms with Crippen LogP contribution in [0.25, 0.3) is 0 Å². The number of ether oxygens (including phenoxy) is 1. The Hall–Kier alpha value is -3.33. The van der Waals surface area contributed by atoms with E-state index in [-0.39, 0.29) is 12.0 Å². The molecule has 3 heteroatoms. The molecule has 0 spiro atoms. The van der Waals surface area contributed by atoms with Crippen LogP contribution in [-0.4, -0.2) is 5.97 Å². The minimum absolute atomic E-state index is 0.0857. The molecule has 4 rings (SSSR count). The van der Waals surface area contributed by atoms with E-state index in [1.165, 1.54) is 5.56 Å². The molecular formula is C25H23NO2. The largest absolute Gasteiger partial charge is 0.446 e. The second-order valence-electron chi connectivity index (χ2n) is 7.10. The summed E-state index contributed by atoms with van der Waals surface area (Å²) in [5, 5.41) is 3.52. The first-order chi connectivity index (χ1) is 13.7. The molecule has 0 saturated carbocycles. The maximum atomic E-state index is 12.6. The summed E-state index contributed by atoms with van der Waals surface area (Å²) in [4.78, 5) is 12.6. The molecule has 0 bridgehead atoms. The molecule has 140 valence electrons. The molecule has 3 aromatic carbocycles. The van der Waals surface area contributed by atoms with Crippen molar-refractivity contribution in [2.75, 3.05) is 0 Å². The van der Waals surface area contributed by atoms with Crippen molar-refractivity contribution in [3.63, 3.8) is 0 Å². The van der Waals surface area contributed by atoms with Gasteiger partial charge in [0.05, 0.1) is 0 Å². The number of hydrogen-bond donors (Lipinski definition) is 1. The van der Waals surface area contributed by atoms with Crippen LogP contribution in [0.3, 0.4) is 0 Å². The summed E-state index contributed by atoms with van der Waals surface area (Å²) in [6, 6.07) is 30.2. The number of hydrogen-bond acceptors (Lipinski definition) is 3. The van der Waals surface area contributed by atoms with Gasteiger partial charge in [0.1, 0.15) is 0 Å². The minimum atomic E-state index is -0.840. The lowest BCUT2D eigenvalue weighted by atomic mass is 9.81. The van der Waals surface area contributed by atoms with Gasteiger partial charge in [0.25, 0.3) is 0 Å². The number of carbonyl (C=O) groups is 1. The lowest BCUT2D eigenvalue weighted by molar-refractivity contribution is -0.152. The Kier molecular flexibility index (Phi) is 4.98. The molecule has 1 aliphatic rings. The third kappa shape index (κ3) is 3.56. The number of esters is 1. The molecule has 0 fully saturated rings. The smallest absolute Gasteiger partial charge is 0.333 e. The van der Waals surface area contributed by atoms with E-state index in [1.807, 2.05) is 78.9 Å². The van der Waals surface area contributed by atoms with E-state index in [2.05, 4.69) is 24.4 Å². The van der Waals surface area contributed by atoms with Crippen LogP contribution in [0.1, 0.15) is 36.1 Å². The summed E-state index contributed by atoms with van der Waals surface area (Å²) in [5.41, 5.74) is 3.14. The van der Waals surface area contributed by atoms with Gasteiger partial charge in [0.2, 0.25) is 0 Å². The molecule has 3 nitrogen and oxygen atoms in total. The molecule has 0 aliphatic carbocycles. The van der Waals surface area contributed by atoms with Crippen LogP contribution in [0.5, 0.6) is 0 Å². The van der Waals surface area contributed by atoms with Gasteiger partial charge < -0.3 is 10.1 Å². The summed E-state index contributed by atoms with van der Waals surface area (Å²) in [6.07, 6.45) is 2.13. The maximum absolute atomic E-state index is 12.6. The zero-order valence-corrected chi connectivity index (χ0v) is 15.8. The predicted octanol–water partition coefficient (Wildman–Crippen LogP) is 5.11. The molecule has 1 atom stereocenters. The maximum Gasteiger partial charge on any atom is 0.333 e. The Morgan fingerprint density at radius 3 is 1.86 bits per heavy atom. The fourth-order valence-electron chi connectivity index (χ4n) is 3.80. The predicted molar refractivity (Wildman–Crippen MR) is 110 cm³/mol. The number of benzene rings is 3. The standard InChI is InChI=1S/C25H23NO2/c1-19(20-11-5-2-6-12-20)26-23-17-24(27)28-25(18-23,21-13-7-3-8-14-21)22-15-9-4-10-16-22/h2-17,19,26H,18H2,1H3. The number of carbonyl (C=O) groups excluding carboxylic acids is 1. The van der Waals surface area contributed by atoms with Crippen LogP contribution in [0.2, 0.25) is 0 Å². The topological polar surface area (TPSA) is 38.3 Å². The Morgan fingerprint density at radius 2 is 1.32 bits per heavy atom. The molecule has 0 saturated heterocycles. The second-order valence-corrected chi connectivity index (χ2v) is 7.10. The van der Waals surface area contributed by atoms with Gasteiger partial charge in [-0.1, -0.05) is 91.0 Å². The average molecular weight is 369 g/mol. The van der Waals surface area contributed by atoms with Gasteiger partial charge in [-0.25, -0.2) is 4.79 Å². The normalized spacial score (nSPS) is 16.6. The fourth-order valence-corrected chi connectivity index (χ4v) is 3.80. The van der Waals surface area contributed by atoms with E-state index in [9.17, 15) is 4.79 Å². The van der Waals surface area contributed by atoms with Crippen molar-refractivity contribution in [1.29, 1.82) is 0 Å². The lowest BCUT2D eigenvalue weighted by Gasteiger charge is -2.38. The molecule has 1 heterocycles. The minimum Gasteiger partial charge on any atom is -0.446 e. The highest BCUT2D eigenvalue weighted by molar-refractivity contribution is 5.85. The quantitative estimate of drug-likeness (QED) is 0.635. The van der Waals surface area contributed by atoms with Gasteiger partial charge in [0.15, 0.2) is 5.60 Å². The van der Waals surface area contributed by atoms with Crippen LogP contribution in [0.15, 0.2) is 103 Å². The first kappa shape index (κ1) is 18.1. The van der Waals surface area contributed by atoms with E-state index in [1.54, 1.807) is 6.08 Å². The van der Waals surface area contributed by atoms with Crippen LogP contribution in [0.4, 0.5) is 0 Å². The summed E-state index contributed by atoms with van der Waals surface area (Å²) in [6.45, 7) is 2.10. The van der Waals surface area contributed by atoms with Crippen LogP contribution >= 0.6 is 0 Å².